The van der Waals surface area contributed by atoms with Crippen molar-refractivity contribution in [3.63, 3.8) is 0 Å². The second-order valence-corrected chi connectivity index (χ2v) is 6.09. The van der Waals surface area contributed by atoms with Crippen LogP contribution < -0.4 is 10.6 Å². The molecule has 0 atom stereocenters. The second kappa shape index (κ2) is 8.05. The van der Waals surface area contributed by atoms with Gasteiger partial charge in [0.2, 0.25) is 0 Å². The quantitative estimate of drug-likeness (QED) is 0.482. The van der Waals surface area contributed by atoms with Crippen LogP contribution in [-0.2, 0) is 6.18 Å². The smallest absolute Gasteiger partial charge is 0.355 e. The zero-order valence-corrected chi connectivity index (χ0v) is 14.8. The van der Waals surface area contributed by atoms with Crippen LogP contribution in [0.1, 0.15) is 15.9 Å². The van der Waals surface area contributed by atoms with Gasteiger partial charge in [0.1, 0.15) is 28.8 Å². The minimum absolute atomic E-state index is 0.0592. The van der Waals surface area contributed by atoms with E-state index < -0.39 is 52.2 Å². The van der Waals surface area contributed by atoms with E-state index in [0.717, 1.165) is 0 Å². The number of carbonyl (C=O) groups excluding carboxylic acids is 1. The van der Waals surface area contributed by atoms with Gasteiger partial charge in [0, 0.05) is 23.5 Å². The molecule has 0 spiro atoms. The number of carbonyl (C=O) groups is 1. The van der Waals surface area contributed by atoms with Gasteiger partial charge in [0.05, 0.1) is 11.3 Å². The molecule has 0 saturated carbocycles. The third-order valence-electron chi connectivity index (χ3n) is 3.94. The molecule has 2 N–H and O–H groups in total. The summed E-state index contributed by atoms with van der Waals surface area (Å²) >= 11 is 0. The molecular weight excluding hydrogens is 417 g/mol. The van der Waals surface area contributed by atoms with Crippen LogP contribution in [0.3, 0.4) is 0 Å². The molecule has 0 saturated heterocycles. The first-order valence-corrected chi connectivity index (χ1v) is 8.24. The summed E-state index contributed by atoms with van der Waals surface area (Å²) in [6, 6.07) is 7.66. The normalized spacial score (nSPS) is 11.3. The van der Waals surface area contributed by atoms with Crippen molar-refractivity contribution < 1.29 is 35.5 Å². The summed E-state index contributed by atoms with van der Waals surface area (Å²) in [5.41, 5.74) is -2.40. The van der Waals surface area contributed by atoms with E-state index in [4.69, 9.17) is 0 Å². The molecule has 0 aromatic heterocycles. The summed E-state index contributed by atoms with van der Waals surface area (Å²) in [4.78, 5) is 12.0. The molecule has 3 nitrogen and oxygen atoms in total. The fourth-order valence-electron chi connectivity index (χ4n) is 2.61. The molecule has 0 unspecified atom stereocenters. The number of benzene rings is 3. The number of halogens is 7. The molecule has 0 bridgehead atoms. The Hall–Kier alpha value is -3.56. The Kier molecular flexibility index (Phi) is 5.68. The van der Waals surface area contributed by atoms with Crippen molar-refractivity contribution in [3.8, 4) is 0 Å². The zero-order valence-electron chi connectivity index (χ0n) is 14.8. The van der Waals surface area contributed by atoms with Crippen molar-refractivity contribution in [2.24, 2.45) is 0 Å². The summed E-state index contributed by atoms with van der Waals surface area (Å²) in [6.45, 7) is 0. The number of amides is 1. The van der Waals surface area contributed by atoms with Gasteiger partial charge >= 0.3 is 6.18 Å². The molecule has 0 radical (unpaired) electrons. The van der Waals surface area contributed by atoms with Gasteiger partial charge in [-0.3, -0.25) is 4.79 Å². The van der Waals surface area contributed by atoms with Crippen molar-refractivity contribution in [2.45, 2.75) is 6.18 Å². The van der Waals surface area contributed by atoms with Gasteiger partial charge in [-0.2, -0.15) is 13.2 Å². The lowest BCUT2D eigenvalue weighted by molar-refractivity contribution is -0.136. The summed E-state index contributed by atoms with van der Waals surface area (Å²) in [5.74, 6) is -6.04. The predicted molar refractivity (Wildman–Crippen MR) is 95.4 cm³/mol. The van der Waals surface area contributed by atoms with Gasteiger partial charge in [0.25, 0.3) is 5.91 Å². The fourth-order valence-corrected chi connectivity index (χ4v) is 2.61. The first kappa shape index (κ1) is 21.2. The molecular formula is C20H11F7N2O. The van der Waals surface area contributed by atoms with Crippen molar-refractivity contribution in [1.29, 1.82) is 0 Å². The Bertz CT molecular complexity index is 1070. The van der Waals surface area contributed by atoms with Crippen molar-refractivity contribution in [1.82, 2.24) is 0 Å². The van der Waals surface area contributed by atoms with E-state index in [1.165, 1.54) is 24.3 Å². The molecule has 30 heavy (non-hydrogen) atoms. The Balaban J connectivity index is 1.78. The van der Waals surface area contributed by atoms with E-state index in [0.29, 0.717) is 30.3 Å². The SMILES string of the molecule is O=C(Nc1ccc(Nc2cc(F)ccc2C(F)(F)F)cc1)c1c(F)cc(F)cc1F. The average molecular weight is 428 g/mol. The molecule has 10 heteroatoms. The largest absolute Gasteiger partial charge is 0.418 e. The van der Waals surface area contributed by atoms with Crippen LogP contribution in [-0.4, -0.2) is 5.91 Å². The van der Waals surface area contributed by atoms with Crippen LogP contribution in [0.2, 0.25) is 0 Å². The highest BCUT2D eigenvalue weighted by atomic mass is 19.4. The third-order valence-corrected chi connectivity index (χ3v) is 3.94. The minimum Gasteiger partial charge on any atom is -0.355 e. The Morgan fingerprint density at radius 1 is 0.733 bits per heavy atom. The number of alkyl halides is 3. The van der Waals surface area contributed by atoms with Gasteiger partial charge in [-0.15, -0.1) is 0 Å². The number of hydrogen-bond donors (Lipinski definition) is 2. The number of rotatable bonds is 4. The Morgan fingerprint density at radius 2 is 1.30 bits per heavy atom. The van der Waals surface area contributed by atoms with Gasteiger partial charge in [0.15, 0.2) is 0 Å². The molecule has 1 amide bonds. The molecule has 0 heterocycles. The molecule has 3 aromatic carbocycles. The molecule has 0 aliphatic heterocycles. The number of nitrogens with one attached hydrogen (secondary N) is 2. The van der Waals surface area contributed by atoms with E-state index in [1.54, 1.807) is 0 Å². The molecule has 0 aliphatic rings. The molecule has 0 fully saturated rings. The summed E-state index contributed by atoms with van der Waals surface area (Å²) in [6.07, 6.45) is -4.72. The van der Waals surface area contributed by atoms with E-state index in [1.807, 2.05) is 0 Å². The van der Waals surface area contributed by atoms with E-state index in [2.05, 4.69) is 10.6 Å². The van der Waals surface area contributed by atoms with E-state index in [9.17, 15) is 35.5 Å². The van der Waals surface area contributed by atoms with Gasteiger partial charge < -0.3 is 10.6 Å². The highest BCUT2D eigenvalue weighted by Crippen LogP contribution is 2.36. The van der Waals surface area contributed by atoms with E-state index in [-0.39, 0.29) is 11.4 Å². The second-order valence-electron chi connectivity index (χ2n) is 6.09. The maximum absolute atomic E-state index is 13.7. The summed E-state index contributed by atoms with van der Waals surface area (Å²) in [5, 5.41) is 4.61. The van der Waals surface area contributed by atoms with Crippen molar-refractivity contribution in [3.05, 3.63) is 89.0 Å². The van der Waals surface area contributed by atoms with Crippen LogP contribution in [0.25, 0.3) is 0 Å². The van der Waals surface area contributed by atoms with Crippen LogP contribution in [0.15, 0.2) is 54.6 Å². The van der Waals surface area contributed by atoms with Crippen LogP contribution in [0.4, 0.5) is 47.8 Å². The highest BCUT2D eigenvalue weighted by molar-refractivity contribution is 6.04. The lowest BCUT2D eigenvalue weighted by atomic mass is 10.1. The lowest BCUT2D eigenvalue weighted by Gasteiger charge is -2.15. The minimum atomic E-state index is -4.72. The topological polar surface area (TPSA) is 41.1 Å². The highest BCUT2D eigenvalue weighted by Gasteiger charge is 2.33. The first-order valence-electron chi connectivity index (χ1n) is 8.24. The summed E-state index contributed by atoms with van der Waals surface area (Å²) < 4.78 is 92.8. The Morgan fingerprint density at radius 3 is 1.87 bits per heavy atom. The fraction of sp³-hybridized carbons (Fsp3) is 0.0500. The Labute approximate surface area is 165 Å². The summed E-state index contributed by atoms with van der Waals surface area (Å²) in [7, 11) is 0. The monoisotopic (exact) mass is 428 g/mol. The number of anilines is 3. The predicted octanol–water partition coefficient (Wildman–Crippen LogP) is 6.26. The maximum Gasteiger partial charge on any atom is 0.418 e. The van der Waals surface area contributed by atoms with Crippen molar-refractivity contribution in [2.75, 3.05) is 10.6 Å². The zero-order chi connectivity index (χ0) is 22.1. The molecule has 3 rings (SSSR count). The van der Waals surface area contributed by atoms with E-state index >= 15 is 0 Å². The number of hydrogen-bond acceptors (Lipinski definition) is 2. The molecule has 156 valence electrons. The average Bonchev–Trinajstić information content (AvgIpc) is 2.61. The molecule has 3 aromatic rings. The van der Waals surface area contributed by atoms with Crippen LogP contribution in [0, 0.1) is 23.3 Å². The van der Waals surface area contributed by atoms with Crippen LogP contribution in [0.5, 0.6) is 0 Å². The standard InChI is InChI=1S/C20H11F7N2O/c21-10-1-6-14(20(25,26)27)17(9-10)28-12-2-4-13(5-3-12)29-19(30)18-15(23)7-11(22)8-16(18)24/h1-9,28H,(H,29,30). The first-order chi connectivity index (χ1) is 14.0. The lowest BCUT2D eigenvalue weighted by Crippen LogP contribution is -2.16. The maximum atomic E-state index is 13.7. The van der Waals surface area contributed by atoms with Gasteiger partial charge in [-0.1, -0.05) is 0 Å². The van der Waals surface area contributed by atoms with Gasteiger partial charge in [-0.25, -0.2) is 17.6 Å². The molecule has 0 aliphatic carbocycles. The third kappa shape index (κ3) is 4.70. The van der Waals surface area contributed by atoms with Crippen LogP contribution >= 0.6 is 0 Å². The van der Waals surface area contributed by atoms with Gasteiger partial charge in [-0.05, 0) is 42.5 Å². The van der Waals surface area contributed by atoms with Crippen molar-refractivity contribution >= 4 is 23.0 Å².